The molecule has 166 valence electrons. The number of hydrogen-bond donors (Lipinski definition) is 0. The zero-order chi connectivity index (χ0) is 21.8. The van der Waals surface area contributed by atoms with Crippen LogP contribution in [0.15, 0.2) is 53.4 Å². The monoisotopic (exact) mass is 441 g/mol. The highest BCUT2D eigenvalue weighted by atomic mass is 32.2. The number of carbonyl (C=O) groups is 1. The van der Waals surface area contributed by atoms with Gasteiger partial charge < -0.3 is 9.80 Å². The Kier molecular flexibility index (Phi) is 6.62. The first-order chi connectivity index (χ1) is 15.0. The molecule has 6 nitrogen and oxygen atoms in total. The SMILES string of the molecule is CN(Cc1ccccc1N1CCCC1)C(=O)c1cccc(S(=O)(=O)N2CCCCC2)c1. The van der Waals surface area contributed by atoms with Gasteiger partial charge in [0, 0.05) is 51.0 Å². The predicted molar refractivity (Wildman–Crippen MR) is 123 cm³/mol. The van der Waals surface area contributed by atoms with Crippen LogP contribution >= 0.6 is 0 Å². The summed E-state index contributed by atoms with van der Waals surface area (Å²) in [6.45, 7) is 3.67. The fourth-order valence-corrected chi connectivity index (χ4v) is 6.07. The summed E-state index contributed by atoms with van der Waals surface area (Å²) in [6.07, 6.45) is 5.23. The molecule has 0 atom stereocenters. The molecule has 0 aromatic heterocycles. The maximum atomic E-state index is 13.1. The van der Waals surface area contributed by atoms with Crippen LogP contribution in [0.2, 0.25) is 0 Å². The Morgan fingerprint density at radius 1 is 0.903 bits per heavy atom. The number of nitrogens with zero attached hydrogens (tertiary/aromatic N) is 3. The van der Waals surface area contributed by atoms with Crippen molar-refractivity contribution in [3.63, 3.8) is 0 Å². The summed E-state index contributed by atoms with van der Waals surface area (Å²) in [4.78, 5) is 17.4. The minimum absolute atomic E-state index is 0.174. The van der Waals surface area contributed by atoms with Gasteiger partial charge in [0.15, 0.2) is 0 Å². The number of anilines is 1. The van der Waals surface area contributed by atoms with E-state index in [0.717, 1.165) is 37.9 Å². The summed E-state index contributed by atoms with van der Waals surface area (Å²) in [5, 5.41) is 0. The van der Waals surface area contributed by atoms with E-state index in [9.17, 15) is 13.2 Å². The number of amides is 1. The number of carbonyl (C=O) groups excluding carboxylic acids is 1. The summed E-state index contributed by atoms with van der Waals surface area (Å²) in [7, 11) is -1.79. The zero-order valence-electron chi connectivity index (χ0n) is 18.2. The second kappa shape index (κ2) is 9.40. The lowest BCUT2D eigenvalue weighted by Gasteiger charge is -2.26. The van der Waals surface area contributed by atoms with Crippen LogP contribution in [0.5, 0.6) is 0 Å². The topological polar surface area (TPSA) is 60.9 Å². The molecule has 1 amide bonds. The third kappa shape index (κ3) is 4.77. The summed E-state index contributed by atoms with van der Waals surface area (Å²) in [5.74, 6) is -0.174. The molecule has 0 spiro atoms. The van der Waals surface area contributed by atoms with Gasteiger partial charge in [0.25, 0.3) is 5.91 Å². The van der Waals surface area contributed by atoms with E-state index in [2.05, 4.69) is 17.0 Å². The molecule has 0 N–H and O–H groups in total. The maximum absolute atomic E-state index is 13.1. The third-order valence-corrected chi connectivity index (χ3v) is 8.12. The van der Waals surface area contributed by atoms with Crippen LogP contribution in [-0.2, 0) is 16.6 Å². The highest BCUT2D eigenvalue weighted by Gasteiger charge is 2.27. The number of para-hydroxylation sites is 1. The van der Waals surface area contributed by atoms with E-state index >= 15 is 0 Å². The molecule has 2 aliphatic rings. The molecule has 0 aliphatic carbocycles. The molecular formula is C24H31N3O3S. The van der Waals surface area contributed by atoms with Crippen LogP contribution in [0.1, 0.15) is 48.0 Å². The second-order valence-electron chi connectivity index (χ2n) is 8.48. The summed E-state index contributed by atoms with van der Waals surface area (Å²) in [6, 6.07) is 14.7. The molecule has 4 rings (SSSR count). The molecule has 2 aromatic carbocycles. The van der Waals surface area contributed by atoms with Gasteiger partial charge in [-0.1, -0.05) is 30.7 Å². The van der Waals surface area contributed by atoms with Gasteiger partial charge in [-0.25, -0.2) is 8.42 Å². The Balaban J connectivity index is 1.52. The molecule has 7 heteroatoms. The molecule has 31 heavy (non-hydrogen) atoms. The van der Waals surface area contributed by atoms with Crippen LogP contribution in [-0.4, -0.2) is 56.8 Å². The van der Waals surface area contributed by atoms with Crippen molar-refractivity contribution in [1.82, 2.24) is 9.21 Å². The normalized spacial score (nSPS) is 17.6. The predicted octanol–water partition coefficient (Wildman–Crippen LogP) is 3.73. The first-order valence-corrected chi connectivity index (χ1v) is 12.6. The average Bonchev–Trinajstić information content (AvgIpc) is 3.34. The second-order valence-corrected chi connectivity index (χ2v) is 10.4. The van der Waals surface area contributed by atoms with Crippen molar-refractivity contribution in [3.8, 4) is 0 Å². The van der Waals surface area contributed by atoms with Crippen molar-refractivity contribution in [2.75, 3.05) is 38.1 Å². The van der Waals surface area contributed by atoms with Crippen molar-refractivity contribution in [2.45, 2.75) is 43.5 Å². The van der Waals surface area contributed by atoms with Crippen molar-refractivity contribution >= 4 is 21.6 Å². The van der Waals surface area contributed by atoms with Crippen molar-refractivity contribution in [3.05, 3.63) is 59.7 Å². The van der Waals surface area contributed by atoms with Crippen molar-refractivity contribution in [2.24, 2.45) is 0 Å². The highest BCUT2D eigenvalue weighted by Crippen LogP contribution is 2.26. The van der Waals surface area contributed by atoms with E-state index in [0.29, 0.717) is 25.2 Å². The van der Waals surface area contributed by atoms with E-state index < -0.39 is 10.0 Å². The molecule has 2 fully saturated rings. The van der Waals surface area contributed by atoms with Gasteiger partial charge in [0.1, 0.15) is 0 Å². The lowest BCUT2D eigenvalue weighted by molar-refractivity contribution is 0.0785. The van der Waals surface area contributed by atoms with Crippen LogP contribution < -0.4 is 4.90 Å². The standard InChI is InChI=1S/C24H31N3O3S/c1-25(19-21-10-3-4-13-23(21)26-14-7-8-15-26)24(28)20-11-9-12-22(18-20)31(29,30)27-16-5-2-6-17-27/h3-4,9-13,18H,2,5-8,14-17,19H2,1H3. The van der Waals surface area contributed by atoms with Gasteiger partial charge >= 0.3 is 0 Å². The van der Waals surface area contributed by atoms with Gasteiger partial charge in [0.2, 0.25) is 10.0 Å². The summed E-state index contributed by atoms with van der Waals surface area (Å²) >= 11 is 0. The van der Waals surface area contributed by atoms with Gasteiger partial charge in [0.05, 0.1) is 4.90 Å². The molecular weight excluding hydrogens is 410 g/mol. The lowest BCUT2D eigenvalue weighted by Crippen LogP contribution is -2.35. The highest BCUT2D eigenvalue weighted by molar-refractivity contribution is 7.89. The Labute approximate surface area is 185 Å². The first kappa shape index (κ1) is 21.8. The lowest BCUT2D eigenvalue weighted by atomic mass is 10.1. The van der Waals surface area contributed by atoms with Gasteiger partial charge in [-0.2, -0.15) is 4.31 Å². The van der Waals surface area contributed by atoms with Gasteiger partial charge in [-0.3, -0.25) is 4.79 Å². The Morgan fingerprint density at radius 3 is 2.32 bits per heavy atom. The molecule has 2 aliphatic heterocycles. The fourth-order valence-electron chi connectivity index (χ4n) is 4.50. The molecule has 0 radical (unpaired) electrons. The summed E-state index contributed by atoms with van der Waals surface area (Å²) < 4.78 is 27.6. The van der Waals surface area contributed by atoms with Crippen LogP contribution in [0.25, 0.3) is 0 Å². The molecule has 2 aromatic rings. The first-order valence-electron chi connectivity index (χ1n) is 11.2. The number of piperidine rings is 1. The average molecular weight is 442 g/mol. The van der Waals surface area contributed by atoms with Crippen molar-refractivity contribution in [1.29, 1.82) is 0 Å². The smallest absolute Gasteiger partial charge is 0.253 e. The Hall–Kier alpha value is -2.38. The minimum atomic E-state index is -3.56. The number of rotatable bonds is 6. The van der Waals surface area contributed by atoms with Crippen LogP contribution in [0.3, 0.4) is 0 Å². The zero-order valence-corrected chi connectivity index (χ0v) is 19.0. The summed E-state index contributed by atoms with van der Waals surface area (Å²) in [5.41, 5.74) is 2.69. The minimum Gasteiger partial charge on any atom is -0.371 e. The fraction of sp³-hybridized carbons (Fsp3) is 0.458. The van der Waals surface area contributed by atoms with E-state index in [1.807, 2.05) is 12.1 Å². The van der Waals surface area contributed by atoms with E-state index in [4.69, 9.17) is 0 Å². The third-order valence-electron chi connectivity index (χ3n) is 6.23. The van der Waals surface area contributed by atoms with Crippen LogP contribution in [0.4, 0.5) is 5.69 Å². The van der Waals surface area contributed by atoms with Gasteiger partial charge in [-0.15, -0.1) is 0 Å². The van der Waals surface area contributed by atoms with Crippen molar-refractivity contribution < 1.29 is 13.2 Å². The largest absolute Gasteiger partial charge is 0.371 e. The Bertz CT molecular complexity index is 1030. The number of hydrogen-bond acceptors (Lipinski definition) is 4. The molecule has 0 saturated carbocycles. The molecule has 0 unspecified atom stereocenters. The quantitative estimate of drug-likeness (QED) is 0.685. The van der Waals surface area contributed by atoms with E-state index in [1.165, 1.54) is 28.9 Å². The van der Waals surface area contributed by atoms with E-state index in [-0.39, 0.29) is 10.8 Å². The maximum Gasteiger partial charge on any atom is 0.253 e. The van der Waals surface area contributed by atoms with Gasteiger partial charge in [-0.05, 0) is 55.5 Å². The Morgan fingerprint density at radius 2 is 1.58 bits per heavy atom. The molecule has 0 bridgehead atoms. The number of sulfonamides is 1. The van der Waals surface area contributed by atoms with E-state index in [1.54, 1.807) is 30.1 Å². The number of benzene rings is 2. The molecule has 2 heterocycles. The molecule has 2 saturated heterocycles. The van der Waals surface area contributed by atoms with Crippen LogP contribution in [0, 0.1) is 0 Å².